The lowest BCUT2D eigenvalue weighted by molar-refractivity contribution is 0.228. The van der Waals surface area contributed by atoms with E-state index in [0.29, 0.717) is 0 Å². The summed E-state index contributed by atoms with van der Waals surface area (Å²) < 4.78 is 0. The zero-order valence-electron chi connectivity index (χ0n) is 15.8. The summed E-state index contributed by atoms with van der Waals surface area (Å²) in [7, 11) is 0. The van der Waals surface area contributed by atoms with Crippen LogP contribution in [-0.4, -0.2) is 24.5 Å². The lowest BCUT2D eigenvalue weighted by atomic mass is 9.77. The number of hydrogen-bond acceptors (Lipinski definition) is 1. The van der Waals surface area contributed by atoms with E-state index in [1.54, 1.807) is 0 Å². The Hall–Kier alpha value is -0.0400. The fraction of sp³-hybridized carbons (Fsp3) is 1.00. The van der Waals surface area contributed by atoms with E-state index < -0.39 is 0 Å². The fourth-order valence-corrected chi connectivity index (χ4v) is 4.80. The number of hydrogen-bond donors (Lipinski definition) is 0. The van der Waals surface area contributed by atoms with Crippen LogP contribution in [0.5, 0.6) is 0 Å². The normalized spacial score (nSPS) is 30.5. The van der Waals surface area contributed by atoms with E-state index in [1.807, 2.05) is 0 Å². The Balaban J connectivity index is 1.50. The first-order valence-electron chi connectivity index (χ1n) is 10.3. The van der Waals surface area contributed by atoms with E-state index >= 15 is 0 Å². The average Bonchev–Trinajstić information content (AvgIpc) is 2.94. The Labute approximate surface area is 140 Å². The maximum atomic E-state index is 2.73. The van der Waals surface area contributed by atoms with Crippen LogP contribution >= 0.6 is 0 Å². The van der Waals surface area contributed by atoms with Gasteiger partial charge < -0.3 is 4.90 Å². The van der Waals surface area contributed by atoms with Crippen molar-refractivity contribution in [2.24, 2.45) is 29.6 Å². The molecule has 0 spiro atoms. The monoisotopic (exact) mass is 307 g/mol. The Morgan fingerprint density at radius 2 is 1.55 bits per heavy atom. The quantitative estimate of drug-likeness (QED) is 0.498. The second-order valence-corrected chi connectivity index (χ2v) is 9.11. The third kappa shape index (κ3) is 6.22. The fourth-order valence-electron chi connectivity index (χ4n) is 4.80. The molecule has 130 valence electrons. The van der Waals surface area contributed by atoms with Crippen LogP contribution in [0, 0.1) is 29.6 Å². The van der Waals surface area contributed by atoms with Gasteiger partial charge in [0.15, 0.2) is 0 Å². The first kappa shape index (κ1) is 18.3. The van der Waals surface area contributed by atoms with Crippen LogP contribution in [0.25, 0.3) is 0 Å². The van der Waals surface area contributed by atoms with Crippen molar-refractivity contribution < 1.29 is 0 Å². The molecule has 1 heterocycles. The molecule has 0 bridgehead atoms. The maximum Gasteiger partial charge on any atom is 0.00126 e. The van der Waals surface area contributed by atoms with Gasteiger partial charge in [0.1, 0.15) is 0 Å². The molecule has 0 N–H and O–H groups in total. The van der Waals surface area contributed by atoms with Gasteiger partial charge in [0, 0.05) is 6.54 Å². The minimum Gasteiger partial charge on any atom is -0.303 e. The molecule has 22 heavy (non-hydrogen) atoms. The van der Waals surface area contributed by atoms with Gasteiger partial charge in [-0.25, -0.2) is 0 Å². The van der Waals surface area contributed by atoms with Crippen molar-refractivity contribution in [3.8, 4) is 0 Å². The van der Waals surface area contributed by atoms with Crippen LogP contribution in [-0.2, 0) is 0 Å². The first-order valence-corrected chi connectivity index (χ1v) is 10.3. The molecule has 1 saturated carbocycles. The summed E-state index contributed by atoms with van der Waals surface area (Å²) in [6.45, 7) is 13.7. The lowest BCUT2D eigenvalue weighted by Crippen LogP contribution is -2.23. The molecular weight excluding hydrogens is 266 g/mol. The highest BCUT2D eigenvalue weighted by Gasteiger charge is 2.24. The topological polar surface area (TPSA) is 3.24 Å². The second-order valence-electron chi connectivity index (χ2n) is 9.11. The molecule has 0 radical (unpaired) electrons. The van der Waals surface area contributed by atoms with Gasteiger partial charge in [-0.3, -0.25) is 0 Å². The summed E-state index contributed by atoms with van der Waals surface area (Å²) in [5.74, 6) is 4.86. The van der Waals surface area contributed by atoms with E-state index in [1.165, 1.54) is 77.4 Å². The molecule has 0 aromatic carbocycles. The van der Waals surface area contributed by atoms with Gasteiger partial charge in [-0.1, -0.05) is 66.2 Å². The van der Waals surface area contributed by atoms with Crippen molar-refractivity contribution in [3.05, 3.63) is 0 Å². The van der Waals surface area contributed by atoms with Crippen LogP contribution in [0.1, 0.15) is 85.5 Å². The van der Waals surface area contributed by atoms with Gasteiger partial charge >= 0.3 is 0 Å². The van der Waals surface area contributed by atoms with E-state index in [9.17, 15) is 0 Å². The summed E-state index contributed by atoms with van der Waals surface area (Å²) in [6.07, 6.45) is 13.4. The van der Waals surface area contributed by atoms with Crippen molar-refractivity contribution in [1.29, 1.82) is 0 Å². The van der Waals surface area contributed by atoms with E-state index in [-0.39, 0.29) is 0 Å². The Morgan fingerprint density at radius 3 is 2.14 bits per heavy atom. The highest BCUT2D eigenvalue weighted by atomic mass is 15.1. The van der Waals surface area contributed by atoms with Crippen molar-refractivity contribution in [2.75, 3.05) is 19.6 Å². The first-order chi connectivity index (χ1) is 10.5. The average molecular weight is 308 g/mol. The number of nitrogens with zero attached hydrogens (tertiary/aromatic N) is 1. The van der Waals surface area contributed by atoms with Crippen LogP contribution in [0.4, 0.5) is 0 Å². The van der Waals surface area contributed by atoms with E-state index in [2.05, 4.69) is 32.6 Å². The maximum absolute atomic E-state index is 2.73. The summed E-state index contributed by atoms with van der Waals surface area (Å²) in [6, 6.07) is 0. The third-order valence-electron chi connectivity index (χ3n) is 6.36. The molecule has 1 aliphatic carbocycles. The largest absolute Gasteiger partial charge is 0.303 e. The molecule has 0 amide bonds. The second kappa shape index (κ2) is 9.30. The van der Waals surface area contributed by atoms with Crippen LogP contribution in [0.15, 0.2) is 0 Å². The van der Waals surface area contributed by atoms with Crippen LogP contribution in [0.3, 0.4) is 0 Å². The SMILES string of the molecule is CC(C)CC1CCC(CCCCN2CCC(C(C)C)C2)CC1. The van der Waals surface area contributed by atoms with Crippen LogP contribution in [0.2, 0.25) is 0 Å². The number of unbranched alkanes of at least 4 members (excludes halogenated alkanes) is 1. The zero-order valence-corrected chi connectivity index (χ0v) is 15.8. The predicted octanol–water partition coefficient (Wildman–Crippen LogP) is 5.99. The minimum absolute atomic E-state index is 0.881. The van der Waals surface area contributed by atoms with Gasteiger partial charge in [-0.2, -0.15) is 0 Å². The van der Waals surface area contributed by atoms with Crippen molar-refractivity contribution >= 4 is 0 Å². The molecular formula is C21H41N. The Morgan fingerprint density at radius 1 is 0.864 bits per heavy atom. The summed E-state index contributed by atoms with van der Waals surface area (Å²) in [5.41, 5.74) is 0. The molecule has 1 nitrogen and oxygen atoms in total. The van der Waals surface area contributed by atoms with Crippen molar-refractivity contribution in [1.82, 2.24) is 4.90 Å². The molecule has 1 saturated heterocycles. The molecule has 1 aliphatic heterocycles. The standard InChI is InChI=1S/C21H41N/c1-17(2)15-20-10-8-19(9-11-20)7-5-6-13-22-14-12-21(16-22)18(3)4/h17-21H,5-16H2,1-4H3. The highest BCUT2D eigenvalue weighted by Crippen LogP contribution is 2.35. The van der Waals surface area contributed by atoms with Gasteiger partial charge in [0.25, 0.3) is 0 Å². The minimum atomic E-state index is 0.881. The lowest BCUT2D eigenvalue weighted by Gasteiger charge is -2.29. The predicted molar refractivity (Wildman–Crippen MR) is 98.1 cm³/mol. The molecule has 0 aromatic rings. The smallest absolute Gasteiger partial charge is 0.00126 e. The molecule has 2 rings (SSSR count). The van der Waals surface area contributed by atoms with Gasteiger partial charge in [-0.15, -0.1) is 0 Å². The van der Waals surface area contributed by atoms with Gasteiger partial charge in [0.05, 0.1) is 0 Å². The van der Waals surface area contributed by atoms with Crippen molar-refractivity contribution in [2.45, 2.75) is 85.5 Å². The van der Waals surface area contributed by atoms with Gasteiger partial charge in [-0.05, 0) is 61.9 Å². The van der Waals surface area contributed by atoms with Crippen LogP contribution < -0.4 is 0 Å². The summed E-state index contributed by atoms with van der Waals surface area (Å²) >= 11 is 0. The molecule has 1 atom stereocenters. The van der Waals surface area contributed by atoms with E-state index in [4.69, 9.17) is 0 Å². The summed E-state index contributed by atoms with van der Waals surface area (Å²) in [5, 5.41) is 0. The van der Waals surface area contributed by atoms with Crippen molar-refractivity contribution in [3.63, 3.8) is 0 Å². The molecule has 1 heteroatoms. The Kier molecular flexibility index (Phi) is 7.74. The summed E-state index contributed by atoms with van der Waals surface area (Å²) in [4.78, 5) is 2.73. The third-order valence-corrected chi connectivity index (χ3v) is 6.36. The number of rotatable bonds is 8. The van der Waals surface area contributed by atoms with E-state index in [0.717, 1.165) is 29.6 Å². The molecule has 2 fully saturated rings. The van der Waals surface area contributed by atoms with Gasteiger partial charge in [0.2, 0.25) is 0 Å². The zero-order chi connectivity index (χ0) is 15.9. The molecule has 1 unspecified atom stereocenters. The Bertz CT molecular complexity index is 288. The molecule has 0 aromatic heterocycles. The number of likely N-dealkylation sites (tertiary alicyclic amines) is 1. The molecule has 2 aliphatic rings. The highest BCUT2D eigenvalue weighted by molar-refractivity contribution is 4.78.